The largest absolute Gasteiger partial charge is 0.370 e. The fourth-order valence-electron chi connectivity index (χ4n) is 1.24. The number of nitrogens with one attached hydrogen (secondary N) is 1. The maximum Gasteiger partial charge on any atom is 0.143 e. The molecule has 0 fully saturated rings. The van der Waals surface area contributed by atoms with Crippen LogP contribution in [0, 0.1) is 0 Å². The molecule has 2 nitrogen and oxygen atoms in total. The zero-order valence-corrected chi connectivity index (χ0v) is 8.70. The van der Waals surface area contributed by atoms with Crippen LogP contribution in [0.2, 0.25) is 0 Å². The number of aliphatic hydroxyl groups excluding tert-OH is 1. The smallest absolute Gasteiger partial charge is 0.143 e. The van der Waals surface area contributed by atoms with Gasteiger partial charge >= 0.3 is 0 Å². The minimum Gasteiger partial charge on any atom is -0.370 e. The van der Waals surface area contributed by atoms with Crippen LogP contribution in [0.1, 0.15) is 19.4 Å². The average molecular weight is 191 g/mol. The summed E-state index contributed by atoms with van der Waals surface area (Å²) in [5.74, 6) is 0. The Kier molecular flexibility index (Phi) is 4.20. The second kappa shape index (κ2) is 5.45. The van der Waals surface area contributed by atoms with Crippen molar-refractivity contribution in [2.75, 3.05) is 5.32 Å². The maximum absolute atomic E-state index is 9.43. The van der Waals surface area contributed by atoms with Crippen LogP contribution in [0.3, 0.4) is 0 Å². The van der Waals surface area contributed by atoms with E-state index in [4.69, 9.17) is 0 Å². The van der Waals surface area contributed by atoms with Gasteiger partial charge in [-0.15, -0.1) is 0 Å². The Morgan fingerprint density at radius 2 is 2.00 bits per heavy atom. The summed E-state index contributed by atoms with van der Waals surface area (Å²) < 4.78 is 0. The monoisotopic (exact) mass is 191 g/mol. The van der Waals surface area contributed by atoms with Gasteiger partial charge in [-0.25, -0.2) is 0 Å². The minimum atomic E-state index is -0.604. The van der Waals surface area contributed by atoms with Gasteiger partial charge in [0.25, 0.3) is 0 Å². The molecule has 1 unspecified atom stereocenters. The van der Waals surface area contributed by atoms with E-state index >= 15 is 0 Å². The number of aliphatic hydroxyl groups is 1. The fourth-order valence-corrected chi connectivity index (χ4v) is 1.24. The number of rotatable bonds is 4. The first-order chi connectivity index (χ1) is 6.76. The minimum absolute atomic E-state index is 0.604. The number of allylic oxidation sites excluding steroid dienone is 1. The van der Waals surface area contributed by atoms with Gasteiger partial charge in [0.1, 0.15) is 6.23 Å². The molecule has 0 aliphatic heterocycles. The normalized spacial score (nSPS) is 13.1. The second-order valence-corrected chi connectivity index (χ2v) is 3.17. The third-order valence-corrected chi connectivity index (χ3v) is 2.05. The molecule has 0 radical (unpaired) electrons. The summed E-state index contributed by atoms with van der Waals surface area (Å²) in [6.07, 6.45) is 3.95. The zero-order valence-electron chi connectivity index (χ0n) is 8.70. The Morgan fingerprint density at radius 1 is 1.36 bits per heavy atom. The number of hydrogen-bond donors (Lipinski definition) is 2. The highest BCUT2D eigenvalue weighted by molar-refractivity contribution is 5.45. The first kappa shape index (κ1) is 10.8. The van der Waals surface area contributed by atoms with Gasteiger partial charge in [0.15, 0.2) is 0 Å². The molecule has 0 aliphatic rings. The van der Waals surface area contributed by atoms with E-state index in [0.29, 0.717) is 0 Å². The molecule has 0 bridgehead atoms. The SMILES string of the molecule is C/C=C/C(O)Nc1ccc(CC)cc1. The Balaban J connectivity index is 2.59. The summed E-state index contributed by atoms with van der Waals surface area (Å²) in [4.78, 5) is 0. The van der Waals surface area contributed by atoms with E-state index in [-0.39, 0.29) is 0 Å². The molecule has 0 saturated heterocycles. The van der Waals surface area contributed by atoms with Gasteiger partial charge in [-0.1, -0.05) is 25.1 Å². The standard InChI is InChI=1S/C12H17NO/c1-3-5-12(14)13-11-8-6-10(4-2)7-9-11/h3,5-9,12-14H,4H2,1-2H3/b5-3+. The van der Waals surface area contributed by atoms with Crippen molar-refractivity contribution >= 4 is 5.69 Å². The molecule has 1 rings (SSSR count). The highest BCUT2D eigenvalue weighted by Crippen LogP contribution is 2.10. The Morgan fingerprint density at radius 3 is 2.50 bits per heavy atom. The van der Waals surface area contributed by atoms with Crippen molar-refractivity contribution < 1.29 is 5.11 Å². The van der Waals surface area contributed by atoms with Crippen molar-refractivity contribution in [3.63, 3.8) is 0 Å². The summed E-state index contributed by atoms with van der Waals surface area (Å²) in [5, 5.41) is 12.4. The molecule has 0 aliphatic carbocycles. The third kappa shape index (κ3) is 3.23. The lowest BCUT2D eigenvalue weighted by Gasteiger charge is -2.10. The Hall–Kier alpha value is -1.28. The van der Waals surface area contributed by atoms with Crippen molar-refractivity contribution in [3.8, 4) is 0 Å². The third-order valence-electron chi connectivity index (χ3n) is 2.05. The summed E-state index contributed by atoms with van der Waals surface area (Å²) in [5.41, 5.74) is 2.24. The lowest BCUT2D eigenvalue weighted by molar-refractivity contribution is 0.252. The average Bonchev–Trinajstić information content (AvgIpc) is 2.19. The van der Waals surface area contributed by atoms with Crippen LogP contribution in [0.25, 0.3) is 0 Å². The van der Waals surface area contributed by atoms with Crippen LogP contribution in [-0.4, -0.2) is 11.3 Å². The number of anilines is 1. The molecule has 0 spiro atoms. The lowest BCUT2D eigenvalue weighted by Crippen LogP contribution is -2.14. The van der Waals surface area contributed by atoms with Gasteiger partial charge in [-0.2, -0.15) is 0 Å². The molecule has 1 aromatic carbocycles. The van der Waals surface area contributed by atoms with Crippen molar-refractivity contribution in [1.82, 2.24) is 0 Å². The highest BCUT2D eigenvalue weighted by Gasteiger charge is 1.97. The lowest BCUT2D eigenvalue weighted by atomic mass is 10.1. The first-order valence-corrected chi connectivity index (χ1v) is 4.92. The van der Waals surface area contributed by atoms with E-state index in [9.17, 15) is 5.11 Å². The molecule has 2 heteroatoms. The van der Waals surface area contributed by atoms with E-state index in [1.54, 1.807) is 6.08 Å². The molecule has 14 heavy (non-hydrogen) atoms. The van der Waals surface area contributed by atoms with E-state index in [1.165, 1.54) is 5.56 Å². The van der Waals surface area contributed by atoms with Gasteiger partial charge in [-0.05, 0) is 37.1 Å². The van der Waals surface area contributed by atoms with Crippen molar-refractivity contribution in [3.05, 3.63) is 42.0 Å². The first-order valence-electron chi connectivity index (χ1n) is 4.92. The molecular formula is C12H17NO. The van der Waals surface area contributed by atoms with Crippen LogP contribution in [0.15, 0.2) is 36.4 Å². The molecular weight excluding hydrogens is 174 g/mol. The van der Waals surface area contributed by atoms with Gasteiger partial charge in [-0.3, -0.25) is 0 Å². The topological polar surface area (TPSA) is 32.3 Å². The van der Waals surface area contributed by atoms with Gasteiger partial charge in [0.05, 0.1) is 0 Å². The van der Waals surface area contributed by atoms with Crippen molar-refractivity contribution in [2.45, 2.75) is 26.5 Å². The zero-order chi connectivity index (χ0) is 10.4. The van der Waals surface area contributed by atoms with Crippen LogP contribution < -0.4 is 5.32 Å². The van der Waals surface area contributed by atoms with E-state index in [0.717, 1.165) is 12.1 Å². The molecule has 0 amide bonds. The van der Waals surface area contributed by atoms with E-state index in [2.05, 4.69) is 24.4 Å². The van der Waals surface area contributed by atoms with Crippen LogP contribution in [0.5, 0.6) is 0 Å². The molecule has 76 valence electrons. The van der Waals surface area contributed by atoms with Crippen LogP contribution in [0.4, 0.5) is 5.69 Å². The van der Waals surface area contributed by atoms with E-state index in [1.807, 2.05) is 25.1 Å². The fraction of sp³-hybridized carbons (Fsp3) is 0.333. The molecule has 1 atom stereocenters. The molecule has 0 saturated carbocycles. The molecule has 0 aromatic heterocycles. The van der Waals surface area contributed by atoms with Crippen molar-refractivity contribution in [1.29, 1.82) is 0 Å². The second-order valence-electron chi connectivity index (χ2n) is 3.17. The summed E-state index contributed by atoms with van der Waals surface area (Å²) in [6.45, 7) is 4.00. The molecule has 1 aromatic rings. The molecule has 2 N–H and O–H groups in total. The van der Waals surface area contributed by atoms with Crippen molar-refractivity contribution in [2.24, 2.45) is 0 Å². The summed E-state index contributed by atoms with van der Waals surface area (Å²) in [6, 6.07) is 8.08. The van der Waals surface area contributed by atoms with E-state index < -0.39 is 6.23 Å². The Bertz CT molecular complexity index is 290. The maximum atomic E-state index is 9.43. The summed E-state index contributed by atoms with van der Waals surface area (Å²) >= 11 is 0. The Labute approximate surface area is 85.3 Å². The van der Waals surface area contributed by atoms with Gasteiger partial charge in [0.2, 0.25) is 0 Å². The molecule has 0 heterocycles. The predicted octanol–water partition coefficient (Wildman–Crippen LogP) is 2.56. The van der Waals surface area contributed by atoms with Gasteiger partial charge in [0, 0.05) is 5.69 Å². The highest BCUT2D eigenvalue weighted by atomic mass is 16.3. The quantitative estimate of drug-likeness (QED) is 0.566. The predicted molar refractivity (Wildman–Crippen MR) is 60.3 cm³/mol. The number of benzene rings is 1. The summed E-state index contributed by atoms with van der Waals surface area (Å²) in [7, 11) is 0. The van der Waals surface area contributed by atoms with Crippen LogP contribution >= 0.6 is 0 Å². The number of aryl methyl sites for hydroxylation is 1. The number of hydrogen-bond acceptors (Lipinski definition) is 2. The van der Waals surface area contributed by atoms with Crippen LogP contribution in [-0.2, 0) is 6.42 Å². The van der Waals surface area contributed by atoms with Gasteiger partial charge < -0.3 is 10.4 Å².